The minimum absolute atomic E-state index is 0.688. The molecule has 0 aliphatic carbocycles. The number of hydrogen-bond donors (Lipinski definition) is 1. The molecule has 0 aromatic rings. The summed E-state index contributed by atoms with van der Waals surface area (Å²) in [5.74, 6) is 0.688. The fourth-order valence-electron chi connectivity index (χ4n) is 1.08. The van der Waals surface area contributed by atoms with Gasteiger partial charge in [-0.1, -0.05) is 31.9 Å². The van der Waals surface area contributed by atoms with Crippen LogP contribution in [-0.2, 0) is 0 Å². The second kappa shape index (κ2) is 6.24. The van der Waals surface area contributed by atoms with Gasteiger partial charge in [-0.2, -0.15) is 0 Å². The third kappa shape index (κ3) is 4.55. The van der Waals surface area contributed by atoms with E-state index in [1.54, 1.807) is 0 Å². The molecule has 0 amide bonds. The largest absolute Gasteiger partial charge is 0.313 e. The van der Waals surface area contributed by atoms with Crippen LogP contribution in [-0.4, -0.2) is 13.1 Å². The first-order valence-corrected chi connectivity index (χ1v) is 4.96. The summed E-state index contributed by atoms with van der Waals surface area (Å²) in [5.41, 5.74) is 3.03. The maximum absolute atomic E-state index is 3.41. The Bertz CT molecular complexity index is 145. The van der Waals surface area contributed by atoms with Crippen LogP contribution in [0.15, 0.2) is 11.1 Å². The molecular formula is C11H23N. The second-order valence-corrected chi connectivity index (χ2v) is 3.79. The fourth-order valence-corrected chi connectivity index (χ4v) is 1.08. The summed E-state index contributed by atoms with van der Waals surface area (Å²) >= 11 is 0. The van der Waals surface area contributed by atoms with E-state index in [0.29, 0.717) is 5.92 Å². The van der Waals surface area contributed by atoms with Crippen molar-refractivity contribution < 1.29 is 0 Å². The van der Waals surface area contributed by atoms with Crippen molar-refractivity contribution in [3.63, 3.8) is 0 Å². The summed E-state index contributed by atoms with van der Waals surface area (Å²) in [4.78, 5) is 0. The van der Waals surface area contributed by atoms with Gasteiger partial charge in [0.05, 0.1) is 0 Å². The lowest BCUT2D eigenvalue weighted by molar-refractivity contribution is 0.689. The van der Waals surface area contributed by atoms with Crippen molar-refractivity contribution in [2.75, 3.05) is 13.1 Å². The van der Waals surface area contributed by atoms with Gasteiger partial charge < -0.3 is 5.32 Å². The Morgan fingerprint density at radius 3 is 2.25 bits per heavy atom. The van der Waals surface area contributed by atoms with Gasteiger partial charge in [0.15, 0.2) is 0 Å². The highest BCUT2D eigenvalue weighted by molar-refractivity contribution is 5.12. The number of nitrogens with one attached hydrogen (secondary N) is 1. The molecule has 72 valence electrons. The summed E-state index contributed by atoms with van der Waals surface area (Å²) in [6.07, 6.45) is 1.22. The maximum Gasteiger partial charge on any atom is 0.0164 e. The Hall–Kier alpha value is -0.300. The Kier molecular flexibility index (Phi) is 6.09. The molecule has 0 bridgehead atoms. The zero-order valence-electron chi connectivity index (χ0n) is 9.20. The van der Waals surface area contributed by atoms with E-state index >= 15 is 0 Å². The molecule has 0 spiro atoms. The van der Waals surface area contributed by atoms with Crippen LogP contribution >= 0.6 is 0 Å². The predicted octanol–water partition coefficient (Wildman–Crippen LogP) is 2.98. The standard InChI is InChI=1S/C11H23N/c1-6-7-12-8-10(4)11(5)9(2)3/h9,12H,6-8H2,1-5H3/b11-10+. The average Bonchev–Trinajstić information content (AvgIpc) is 2.03. The molecule has 0 rings (SSSR count). The number of hydrogen-bond acceptors (Lipinski definition) is 1. The molecule has 0 fully saturated rings. The lowest BCUT2D eigenvalue weighted by Crippen LogP contribution is -2.18. The molecule has 0 unspecified atom stereocenters. The minimum Gasteiger partial charge on any atom is -0.313 e. The van der Waals surface area contributed by atoms with Crippen LogP contribution in [0.2, 0.25) is 0 Å². The van der Waals surface area contributed by atoms with Gasteiger partial charge in [0, 0.05) is 6.54 Å². The van der Waals surface area contributed by atoms with Gasteiger partial charge in [-0.25, -0.2) is 0 Å². The monoisotopic (exact) mass is 169 g/mol. The molecule has 1 N–H and O–H groups in total. The van der Waals surface area contributed by atoms with Crippen LogP contribution in [0.5, 0.6) is 0 Å². The molecule has 0 aliphatic heterocycles. The molecule has 1 nitrogen and oxygen atoms in total. The average molecular weight is 169 g/mol. The number of rotatable bonds is 5. The lowest BCUT2D eigenvalue weighted by atomic mass is 10.00. The van der Waals surface area contributed by atoms with E-state index in [-0.39, 0.29) is 0 Å². The molecule has 0 heterocycles. The molecule has 0 aliphatic rings. The van der Waals surface area contributed by atoms with Crippen molar-refractivity contribution in [3.8, 4) is 0 Å². The van der Waals surface area contributed by atoms with Gasteiger partial charge >= 0.3 is 0 Å². The smallest absolute Gasteiger partial charge is 0.0164 e. The highest BCUT2D eigenvalue weighted by atomic mass is 14.8. The topological polar surface area (TPSA) is 12.0 Å². The number of allylic oxidation sites excluding steroid dienone is 1. The first kappa shape index (κ1) is 11.7. The molecule has 0 saturated carbocycles. The van der Waals surface area contributed by atoms with Gasteiger partial charge in [-0.05, 0) is 32.7 Å². The van der Waals surface area contributed by atoms with Crippen LogP contribution in [0.1, 0.15) is 41.0 Å². The van der Waals surface area contributed by atoms with Crippen molar-refractivity contribution in [3.05, 3.63) is 11.1 Å². The van der Waals surface area contributed by atoms with Gasteiger partial charge in [0.1, 0.15) is 0 Å². The van der Waals surface area contributed by atoms with E-state index < -0.39 is 0 Å². The molecule has 0 saturated heterocycles. The molecule has 0 aromatic heterocycles. The Morgan fingerprint density at radius 2 is 1.83 bits per heavy atom. The highest BCUT2D eigenvalue weighted by Gasteiger charge is 2.00. The van der Waals surface area contributed by atoms with Crippen LogP contribution in [0.3, 0.4) is 0 Å². The quantitative estimate of drug-likeness (QED) is 0.493. The van der Waals surface area contributed by atoms with E-state index in [4.69, 9.17) is 0 Å². The van der Waals surface area contributed by atoms with E-state index in [1.165, 1.54) is 17.6 Å². The van der Waals surface area contributed by atoms with E-state index in [9.17, 15) is 0 Å². The van der Waals surface area contributed by atoms with Crippen LogP contribution in [0, 0.1) is 5.92 Å². The molecule has 0 atom stereocenters. The molecule has 1 heteroatoms. The van der Waals surface area contributed by atoms with Crippen molar-refractivity contribution >= 4 is 0 Å². The molecule has 12 heavy (non-hydrogen) atoms. The highest BCUT2D eigenvalue weighted by Crippen LogP contribution is 2.12. The summed E-state index contributed by atoms with van der Waals surface area (Å²) < 4.78 is 0. The zero-order valence-corrected chi connectivity index (χ0v) is 9.20. The first-order chi connectivity index (χ1) is 5.59. The van der Waals surface area contributed by atoms with E-state index in [2.05, 4.69) is 39.9 Å². The van der Waals surface area contributed by atoms with E-state index in [1.807, 2.05) is 0 Å². The Morgan fingerprint density at radius 1 is 1.25 bits per heavy atom. The van der Waals surface area contributed by atoms with Gasteiger partial charge in [-0.15, -0.1) is 0 Å². The molecule has 0 radical (unpaired) electrons. The summed E-state index contributed by atoms with van der Waals surface area (Å²) in [6, 6.07) is 0. The van der Waals surface area contributed by atoms with Crippen LogP contribution < -0.4 is 5.32 Å². The van der Waals surface area contributed by atoms with Gasteiger partial charge in [-0.3, -0.25) is 0 Å². The first-order valence-electron chi connectivity index (χ1n) is 4.96. The van der Waals surface area contributed by atoms with Gasteiger partial charge in [0.2, 0.25) is 0 Å². The predicted molar refractivity (Wildman–Crippen MR) is 56.4 cm³/mol. The Balaban J connectivity index is 3.83. The van der Waals surface area contributed by atoms with Crippen molar-refractivity contribution in [1.29, 1.82) is 0 Å². The fraction of sp³-hybridized carbons (Fsp3) is 0.818. The van der Waals surface area contributed by atoms with Crippen molar-refractivity contribution in [2.45, 2.75) is 41.0 Å². The lowest BCUT2D eigenvalue weighted by Gasteiger charge is -2.11. The van der Waals surface area contributed by atoms with Crippen molar-refractivity contribution in [1.82, 2.24) is 5.32 Å². The van der Waals surface area contributed by atoms with Crippen LogP contribution in [0.4, 0.5) is 0 Å². The zero-order chi connectivity index (χ0) is 9.56. The minimum atomic E-state index is 0.688. The third-order valence-corrected chi connectivity index (χ3v) is 2.36. The summed E-state index contributed by atoms with van der Waals surface area (Å²) in [6.45, 7) is 13.3. The van der Waals surface area contributed by atoms with Gasteiger partial charge in [0.25, 0.3) is 0 Å². The van der Waals surface area contributed by atoms with E-state index in [0.717, 1.165) is 13.1 Å². The summed E-state index contributed by atoms with van der Waals surface area (Å²) in [5, 5.41) is 3.41. The van der Waals surface area contributed by atoms with Crippen molar-refractivity contribution in [2.24, 2.45) is 5.92 Å². The summed E-state index contributed by atoms with van der Waals surface area (Å²) in [7, 11) is 0. The normalized spacial score (nSPS) is 13.5. The Labute approximate surface area is 77.2 Å². The van der Waals surface area contributed by atoms with Crippen LogP contribution in [0.25, 0.3) is 0 Å². The second-order valence-electron chi connectivity index (χ2n) is 3.79. The molecular weight excluding hydrogens is 146 g/mol. The molecule has 0 aromatic carbocycles. The third-order valence-electron chi connectivity index (χ3n) is 2.36. The SMILES string of the molecule is CCCNC/C(C)=C(\C)C(C)C. The maximum atomic E-state index is 3.41.